The van der Waals surface area contributed by atoms with E-state index in [-0.39, 0.29) is 17.7 Å². The first-order valence-electron chi connectivity index (χ1n) is 11.1. The molecule has 5 rings (SSSR count). The van der Waals surface area contributed by atoms with E-state index >= 15 is 0 Å². The summed E-state index contributed by atoms with van der Waals surface area (Å²) in [5, 5.41) is 36.4. The van der Waals surface area contributed by atoms with Crippen molar-refractivity contribution in [1.29, 1.82) is 0 Å². The van der Waals surface area contributed by atoms with Gasteiger partial charge in [0.1, 0.15) is 5.75 Å². The SMILES string of the molecule is CCC(=O)N[C@H]1C[C@@]2(O)[C@H]3Cc4ccc(O)cc4[C@@]2(CCN3CC2CC2)C[C@@H]1O. The molecule has 1 aromatic carbocycles. The third-order valence-electron chi connectivity index (χ3n) is 8.08. The number of carbonyl (C=O) groups excluding carboxylic acids is 1. The van der Waals surface area contributed by atoms with Crippen LogP contribution in [0.3, 0.4) is 0 Å². The zero-order valence-corrected chi connectivity index (χ0v) is 17.1. The van der Waals surface area contributed by atoms with Crippen molar-refractivity contribution in [2.75, 3.05) is 13.1 Å². The molecule has 4 N–H and O–H groups in total. The molecule has 1 amide bonds. The summed E-state index contributed by atoms with van der Waals surface area (Å²) in [6.07, 6.45) is 4.44. The van der Waals surface area contributed by atoms with Crippen molar-refractivity contribution >= 4 is 5.91 Å². The number of benzene rings is 1. The van der Waals surface area contributed by atoms with Gasteiger partial charge in [0.2, 0.25) is 5.91 Å². The van der Waals surface area contributed by atoms with E-state index in [9.17, 15) is 20.1 Å². The number of nitrogens with one attached hydrogen (secondary N) is 1. The molecule has 0 unspecified atom stereocenters. The molecule has 0 radical (unpaired) electrons. The Kier molecular flexibility index (Phi) is 4.46. The maximum atomic E-state index is 12.3. The number of aromatic hydroxyl groups is 1. The minimum Gasteiger partial charge on any atom is -0.508 e. The second-order valence-electron chi connectivity index (χ2n) is 9.76. The first kappa shape index (κ1) is 19.3. The van der Waals surface area contributed by atoms with Gasteiger partial charge in [-0.2, -0.15) is 0 Å². The van der Waals surface area contributed by atoms with Crippen molar-refractivity contribution in [3.05, 3.63) is 29.3 Å². The molecule has 0 aromatic heterocycles. The first-order valence-corrected chi connectivity index (χ1v) is 11.1. The lowest BCUT2D eigenvalue weighted by Crippen LogP contribution is -2.76. The maximum absolute atomic E-state index is 12.3. The van der Waals surface area contributed by atoms with E-state index in [1.54, 1.807) is 19.1 Å². The fourth-order valence-electron chi connectivity index (χ4n) is 6.39. The van der Waals surface area contributed by atoms with E-state index in [1.807, 2.05) is 6.07 Å². The molecule has 4 aliphatic rings. The first-order chi connectivity index (χ1) is 13.9. The van der Waals surface area contributed by atoms with Crippen LogP contribution in [0.1, 0.15) is 56.6 Å². The Hall–Kier alpha value is -1.63. The Morgan fingerprint density at radius 1 is 1.31 bits per heavy atom. The van der Waals surface area contributed by atoms with Crippen LogP contribution in [0.2, 0.25) is 0 Å². The number of phenols is 1. The summed E-state index contributed by atoms with van der Waals surface area (Å²) >= 11 is 0. The van der Waals surface area contributed by atoms with E-state index < -0.39 is 23.2 Å². The molecule has 2 saturated carbocycles. The number of aliphatic hydroxyl groups excluding tert-OH is 1. The summed E-state index contributed by atoms with van der Waals surface area (Å²) in [5.41, 5.74) is 0.533. The summed E-state index contributed by atoms with van der Waals surface area (Å²) in [6.45, 7) is 3.72. The fourth-order valence-corrected chi connectivity index (χ4v) is 6.39. The molecule has 3 aliphatic carbocycles. The van der Waals surface area contributed by atoms with Crippen molar-refractivity contribution in [2.45, 2.75) is 81.1 Å². The van der Waals surface area contributed by atoms with Gasteiger partial charge in [-0.3, -0.25) is 9.69 Å². The summed E-state index contributed by atoms with van der Waals surface area (Å²) in [7, 11) is 0. The van der Waals surface area contributed by atoms with Gasteiger partial charge in [-0.05, 0) is 67.8 Å². The highest BCUT2D eigenvalue weighted by Crippen LogP contribution is 2.58. The van der Waals surface area contributed by atoms with E-state index in [2.05, 4.69) is 10.2 Å². The van der Waals surface area contributed by atoms with E-state index in [0.717, 1.165) is 37.4 Å². The number of piperidine rings is 1. The van der Waals surface area contributed by atoms with Gasteiger partial charge in [-0.15, -0.1) is 0 Å². The quantitative estimate of drug-likeness (QED) is 0.614. The van der Waals surface area contributed by atoms with Crippen LogP contribution in [0, 0.1) is 5.92 Å². The van der Waals surface area contributed by atoms with Crippen LogP contribution in [-0.2, 0) is 16.6 Å². The molecule has 1 heterocycles. The molecule has 3 fully saturated rings. The van der Waals surface area contributed by atoms with Gasteiger partial charge < -0.3 is 20.6 Å². The third kappa shape index (κ3) is 2.91. The number of hydrogen-bond acceptors (Lipinski definition) is 5. The van der Waals surface area contributed by atoms with Crippen LogP contribution in [0.4, 0.5) is 0 Å². The van der Waals surface area contributed by atoms with Gasteiger partial charge in [0.25, 0.3) is 0 Å². The van der Waals surface area contributed by atoms with Crippen LogP contribution in [0.5, 0.6) is 5.75 Å². The Labute approximate surface area is 171 Å². The van der Waals surface area contributed by atoms with Crippen LogP contribution in [0.15, 0.2) is 18.2 Å². The topological polar surface area (TPSA) is 93.0 Å². The predicted octanol–water partition coefficient (Wildman–Crippen LogP) is 1.45. The van der Waals surface area contributed by atoms with Gasteiger partial charge in [0, 0.05) is 30.8 Å². The minimum absolute atomic E-state index is 0.0255. The van der Waals surface area contributed by atoms with Gasteiger partial charge in [-0.25, -0.2) is 0 Å². The molecule has 29 heavy (non-hydrogen) atoms. The van der Waals surface area contributed by atoms with Crippen molar-refractivity contribution < 1.29 is 20.1 Å². The van der Waals surface area contributed by atoms with Crippen molar-refractivity contribution in [3.63, 3.8) is 0 Å². The minimum atomic E-state index is -1.04. The van der Waals surface area contributed by atoms with Gasteiger partial charge in [0.15, 0.2) is 0 Å². The zero-order chi connectivity index (χ0) is 20.4. The highest BCUT2D eigenvalue weighted by atomic mass is 16.3. The molecule has 158 valence electrons. The number of hydrogen-bond donors (Lipinski definition) is 4. The number of carbonyl (C=O) groups is 1. The lowest BCUT2D eigenvalue weighted by atomic mass is 9.48. The molecule has 6 nitrogen and oxygen atoms in total. The Morgan fingerprint density at radius 3 is 2.83 bits per heavy atom. The Morgan fingerprint density at radius 2 is 2.10 bits per heavy atom. The smallest absolute Gasteiger partial charge is 0.220 e. The van der Waals surface area contributed by atoms with E-state index in [0.29, 0.717) is 19.3 Å². The number of aliphatic hydroxyl groups is 2. The van der Waals surface area contributed by atoms with Crippen molar-refractivity contribution in [1.82, 2.24) is 10.2 Å². The molecule has 1 aliphatic heterocycles. The summed E-state index contributed by atoms with van der Waals surface area (Å²) in [6, 6.07) is 5.04. The van der Waals surface area contributed by atoms with Crippen LogP contribution < -0.4 is 5.32 Å². The van der Waals surface area contributed by atoms with Crippen molar-refractivity contribution in [3.8, 4) is 5.75 Å². The second kappa shape index (κ2) is 6.69. The van der Waals surface area contributed by atoms with Gasteiger partial charge >= 0.3 is 0 Å². The van der Waals surface area contributed by atoms with Crippen LogP contribution >= 0.6 is 0 Å². The summed E-state index contributed by atoms with van der Waals surface area (Å²) < 4.78 is 0. The number of rotatable bonds is 4. The normalized spacial score (nSPS) is 38.8. The number of fused-ring (bicyclic) bond motifs is 1. The number of amides is 1. The van der Waals surface area contributed by atoms with Gasteiger partial charge in [0.05, 0.1) is 17.7 Å². The maximum Gasteiger partial charge on any atom is 0.220 e. The highest BCUT2D eigenvalue weighted by molar-refractivity contribution is 5.76. The van der Waals surface area contributed by atoms with Crippen LogP contribution in [0.25, 0.3) is 0 Å². The standard InChI is InChI=1S/C23H32N2O4/c1-2-21(28)24-18-11-23(29)20-9-15-5-6-16(26)10-17(15)22(23,12-19(18)27)7-8-25(20)13-14-3-4-14/h5-6,10,14,18-20,26-27,29H,2-4,7-9,11-13H2,1H3,(H,24,28)/t18-,19-,20+,22+,23+/m0/s1. The Balaban J connectivity index is 1.58. The zero-order valence-electron chi connectivity index (χ0n) is 17.1. The summed E-state index contributed by atoms with van der Waals surface area (Å²) in [4.78, 5) is 14.5. The number of nitrogens with zero attached hydrogens (tertiary/aromatic N) is 1. The monoisotopic (exact) mass is 400 g/mol. The second-order valence-corrected chi connectivity index (χ2v) is 9.76. The molecular weight excluding hydrogens is 368 g/mol. The molecule has 2 bridgehead atoms. The number of phenolic OH excluding ortho intramolecular Hbond substituents is 1. The van der Waals surface area contributed by atoms with E-state index in [1.165, 1.54) is 18.4 Å². The molecular formula is C23H32N2O4. The summed E-state index contributed by atoms with van der Waals surface area (Å²) in [5.74, 6) is 0.842. The molecule has 6 heteroatoms. The molecule has 1 saturated heterocycles. The average Bonchev–Trinajstić information content (AvgIpc) is 3.50. The fraction of sp³-hybridized carbons (Fsp3) is 0.696. The van der Waals surface area contributed by atoms with Crippen molar-refractivity contribution in [2.24, 2.45) is 5.92 Å². The predicted molar refractivity (Wildman–Crippen MR) is 109 cm³/mol. The lowest BCUT2D eigenvalue weighted by Gasteiger charge is -2.65. The molecule has 0 spiro atoms. The Bertz CT molecular complexity index is 825. The van der Waals surface area contributed by atoms with Gasteiger partial charge in [-0.1, -0.05) is 13.0 Å². The molecule has 5 atom stereocenters. The van der Waals surface area contributed by atoms with E-state index in [4.69, 9.17) is 0 Å². The number of likely N-dealkylation sites (tertiary alicyclic amines) is 1. The average molecular weight is 401 g/mol. The molecule has 1 aromatic rings. The lowest BCUT2D eigenvalue weighted by molar-refractivity contribution is -0.190. The third-order valence-corrected chi connectivity index (χ3v) is 8.08. The van der Waals surface area contributed by atoms with Crippen LogP contribution in [-0.4, -0.2) is 63.0 Å². The largest absolute Gasteiger partial charge is 0.508 e. The highest BCUT2D eigenvalue weighted by Gasteiger charge is 2.66.